The molecular formula is C12H20N2O5S. The Balaban J connectivity index is 2.66. The van der Waals surface area contributed by atoms with Crippen LogP contribution in [0.5, 0.6) is 0 Å². The van der Waals surface area contributed by atoms with Crippen LogP contribution in [0.1, 0.15) is 19.3 Å². The molecule has 0 radical (unpaired) electrons. The zero-order valence-electron chi connectivity index (χ0n) is 11.5. The van der Waals surface area contributed by atoms with Gasteiger partial charge in [0.15, 0.2) is 0 Å². The summed E-state index contributed by atoms with van der Waals surface area (Å²) in [5, 5.41) is 14.5. The van der Waals surface area contributed by atoms with E-state index in [4.69, 9.17) is 9.84 Å². The van der Waals surface area contributed by atoms with Gasteiger partial charge < -0.3 is 15.2 Å². The first-order valence-corrected chi connectivity index (χ1v) is 7.71. The van der Waals surface area contributed by atoms with Gasteiger partial charge in [0, 0.05) is 12.5 Å². The topological polar surface area (TPSA) is 105 Å². The number of ether oxygens (including phenoxy) is 1. The number of thioether (sulfide) groups is 1. The van der Waals surface area contributed by atoms with E-state index in [0.29, 0.717) is 6.42 Å². The fourth-order valence-corrected chi connectivity index (χ4v) is 2.64. The molecule has 3 N–H and O–H groups in total. The third-order valence-electron chi connectivity index (χ3n) is 3.14. The Labute approximate surface area is 121 Å². The zero-order chi connectivity index (χ0) is 15.1. The molecule has 0 saturated carbocycles. The molecule has 0 spiro atoms. The normalized spacial score (nSPS) is 23.2. The number of amides is 1. The molecule has 1 aliphatic heterocycles. The van der Waals surface area contributed by atoms with Gasteiger partial charge in [0.1, 0.15) is 6.04 Å². The van der Waals surface area contributed by atoms with Gasteiger partial charge in [-0.3, -0.25) is 19.7 Å². The second-order valence-corrected chi connectivity index (χ2v) is 5.59. The SMILES string of the molecule is COC(=O)C(CCSC)N[C@@H]1CC(=O)N[C@H]1CC(=O)O. The quantitative estimate of drug-likeness (QED) is 0.524. The van der Waals surface area contributed by atoms with Crippen LogP contribution in [0.4, 0.5) is 0 Å². The van der Waals surface area contributed by atoms with Crippen LogP contribution in [0.15, 0.2) is 0 Å². The lowest BCUT2D eigenvalue weighted by Crippen LogP contribution is -2.49. The monoisotopic (exact) mass is 304 g/mol. The number of hydrogen-bond donors (Lipinski definition) is 3. The molecule has 0 aliphatic carbocycles. The van der Waals surface area contributed by atoms with E-state index in [1.54, 1.807) is 11.8 Å². The van der Waals surface area contributed by atoms with Gasteiger partial charge in [-0.2, -0.15) is 11.8 Å². The van der Waals surface area contributed by atoms with Crippen LogP contribution in [0.25, 0.3) is 0 Å². The van der Waals surface area contributed by atoms with Gasteiger partial charge in [-0.25, -0.2) is 0 Å². The first kappa shape index (κ1) is 16.8. The van der Waals surface area contributed by atoms with Gasteiger partial charge in [-0.15, -0.1) is 0 Å². The summed E-state index contributed by atoms with van der Waals surface area (Å²) in [7, 11) is 1.31. The highest BCUT2D eigenvalue weighted by molar-refractivity contribution is 7.98. The minimum atomic E-state index is -0.984. The molecule has 20 heavy (non-hydrogen) atoms. The molecule has 1 fully saturated rings. The van der Waals surface area contributed by atoms with E-state index >= 15 is 0 Å². The van der Waals surface area contributed by atoms with Gasteiger partial charge in [0.2, 0.25) is 5.91 Å². The van der Waals surface area contributed by atoms with Gasteiger partial charge >= 0.3 is 11.9 Å². The molecule has 7 nitrogen and oxygen atoms in total. The van der Waals surface area contributed by atoms with E-state index in [9.17, 15) is 14.4 Å². The first-order chi connectivity index (χ1) is 9.47. The minimum absolute atomic E-state index is 0.167. The highest BCUT2D eigenvalue weighted by Gasteiger charge is 2.36. The third kappa shape index (κ3) is 5.01. The molecule has 0 aromatic rings. The van der Waals surface area contributed by atoms with Crippen LogP contribution in [0.3, 0.4) is 0 Å². The lowest BCUT2D eigenvalue weighted by Gasteiger charge is -2.24. The summed E-state index contributed by atoms with van der Waals surface area (Å²) in [6.07, 6.45) is 2.51. The Morgan fingerprint density at radius 3 is 2.85 bits per heavy atom. The molecule has 1 unspecified atom stereocenters. The average molecular weight is 304 g/mol. The zero-order valence-corrected chi connectivity index (χ0v) is 12.4. The van der Waals surface area contributed by atoms with Crippen molar-refractivity contribution in [1.29, 1.82) is 0 Å². The Morgan fingerprint density at radius 2 is 2.30 bits per heavy atom. The molecule has 0 bridgehead atoms. The first-order valence-electron chi connectivity index (χ1n) is 6.32. The van der Waals surface area contributed by atoms with Crippen molar-refractivity contribution in [3.63, 3.8) is 0 Å². The fraction of sp³-hybridized carbons (Fsp3) is 0.750. The summed E-state index contributed by atoms with van der Waals surface area (Å²) >= 11 is 1.60. The van der Waals surface area contributed by atoms with E-state index in [0.717, 1.165) is 5.75 Å². The second-order valence-electron chi connectivity index (χ2n) is 4.61. The van der Waals surface area contributed by atoms with Crippen LogP contribution in [-0.2, 0) is 19.1 Å². The van der Waals surface area contributed by atoms with Crippen LogP contribution in [0.2, 0.25) is 0 Å². The van der Waals surface area contributed by atoms with Crippen molar-refractivity contribution in [2.45, 2.75) is 37.4 Å². The van der Waals surface area contributed by atoms with Crippen molar-refractivity contribution in [2.24, 2.45) is 0 Å². The van der Waals surface area contributed by atoms with Crippen LogP contribution in [0, 0.1) is 0 Å². The molecule has 1 aliphatic rings. The van der Waals surface area contributed by atoms with Gasteiger partial charge in [-0.05, 0) is 18.4 Å². The molecule has 0 aromatic carbocycles. The van der Waals surface area contributed by atoms with Crippen molar-refractivity contribution < 1.29 is 24.2 Å². The predicted molar refractivity (Wildman–Crippen MR) is 74.5 cm³/mol. The number of hydrogen-bond acceptors (Lipinski definition) is 6. The van der Waals surface area contributed by atoms with Crippen LogP contribution >= 0.6 is 11.8 Å². The number of methoxy groups -OCH3 is 1. The number of nitrogens with one attached hydrogen (secondary N) is 2. The number of rotatable bonds is 8. The largest absolute Gasteiger partial charge is 0.481 e. The maximum Gasteiger partial charge on any atom is 0.322 e. The number of carbonyl (C=O) groups is 3. The van der Waals surface area contributed by atoms with Gasteiger partial charge in [0.25, 0.3) is 0 Å². The van der Waals surface area contributed by atoms with Crippen molar-refractivity contribution in [3.05, 3.63) is 0 Å². The van der Waals surface area contributed by atoms with E-state index in [-0.39, 0.29) is 24.8 Å². The summed E-state index contributed by atoms with van der Waals surface area (Å²) in [4.78, 5) is 33.9. The maximum absolute atomic E-state index is 11.7. The number of esters is 1. The number of carboxylic acids is 1. The lowest BCUT2D eigenvalue weighted by molar-refractivity contribution is -0.143. The van der Waals surface area contributed by atoms with Crippen molar-refractivity contribution in [3.8, 4) is 0 Å². The molecule has 1 saturated heterocycles. The Bertz CT molecular complexity index is 377. The highest BCUT2D eigenvalue weighted by atomic mass is 32.2. The standard InChI is InChI=1S/C12H20N2O5S/c1-19-12(18)7(3-4-20-2)13-8-5-10(15)14-9(8)6-11(16)17/h7-9,13H,3-6H2,1-2H3,(H,14,15)(H,16,17)/t7?,8-,9+/m1/s1. The van der Waals surface area contributed by atoms with E-state index in [1.807, 2.05) is 6.26 Å². The summed E-state index contributed by atoms with van der Waals surface area (Å²) in [5.41, 5.74) is 0. The summed E-state index contributed by atoms with van der Waals surface area (Å²) in [5.74, 6) is -0.817. The Kier molecular flexibility index (Phi) is 6.80. The molecule has 0 aromatic heterocycles. The van der Waals surface area contributed by atoms with Crippen LogP contribution < -0.4 is 10.6 Å². The molecule has 1 amide bonds. The van der Waals surface area contributed by atoms with Gasteiger partial charge in [-0.1, -0.05) is 0 Å². The molecule has 1 rings (SSSR count). The summed E-state index contributed by atoms with van der Waals surface area (Å²) < 4.78 is 4.73. The highest BCUT2D eigenvalue weighted by Crippen LogP contribution is 2.14. The Hall–Kier alpha value is -1.28. The van der Waals surface area contributed by atoms with Crippen LogP contribution in [-0.4, -0.2) is 60.2 Å². The number of carbonyl (C=O) groups excluding carboxylic acids is 2. The van der Waals surface area contributed by atoms with Crippen molar-refractivity contribution >= 4 is 29.6 Å². The Morgan fingerprint density at radius 1 is 1.60 bits per heavy atom. The molecule has 114 valence electrons. The second kappa shape index (κ2) is 8.11. The molecular weight excluding hydrogens is 284 g/mol. The van der Waals surface area contributed by atoms with Gasteiger partial charge in [0.05, 0.1) is 19.6 Å². The lowest BCUT2D eigenvalue weighted by atomic mass is 10.0. The van der Waals surface area contributed by atoms with E-state index in [1.165, 1.54) is 7.11 Å². The third-order valence-corrected chi connectivity index (χ3v) is 3.79. The van der Waals surface area contributed by atoms with Crippen molar-refractivity contribution in [1.82, 2.24) is 10.6 Å². The summed E-state index contributed by atoms with van der Waals surface area (Å²) in [6, 6.07) is -1.40. The molecule has 8 heteroatoms. The maximum atomic E-state index is 11.7. The van der Waals surface area contributed by atoms with Crippen molar-refractivity contribution in [2.75, 3.05) is 19.1 Å². The predicted octanol–water partition coefficient (Wildman–Crippen LogP) is -0.397. The number of carboxylic acid groups (broad SMARTS) is 1. The molecule has 3 atom stereocenters. The minimum Gasteiger partial charge on any atom is -0.481 e. The average Bonchev–Trinajstić information content (AvgIpc) is 2.72. The van der Waals surface area contributed by atoms with E-state index in [2.05, 4.69) is 10.6 Å². The fourth-order valence-electron chi connectivity index (χ4n) is 2.17. The molecule has 1 heterocycles. The number of aliphatic carboxylic acids is 1. The summed E-state index contributed by atoms with van der Waals surface area (Å²) in [6.45, 7) is 0. The smallest absolute Gasteiger partial charge is 0.322 e. The van der Waals surface area contributed by atoms with E-state index < -0.39 is 24.0 Å².